The first-order valence-corrected chi connectivity index (χ1v) is 2.08. The van der Waals surface area contributed by atoms with E-state index in [-0.39, 0.29) is 6.04 Å². The molecule has 0 aliphatic heterocycles. The highest BCUT2D eigenvalue weighted by molar-refractivity contribution is 4.46. The van der Waals surface area contributed by atoms with Crippen LogP contribution in [0.5, 0.6) is 0 Å². The van der Waals surface area contributed by atoms with Gasteiger partial charge in [-0.3, -0.25) is 0 Å². The molecule has 0 aliphatic carbocycles. The smallest absolute Gasteiger partial charge is 0.307 e. The minimum atomic E-state index is 0.208. The second kappa shape index (κ2) is 3.44. The van der Waals surface area contributed by atoms with Crippen molar-refractivity contribution in [2.75, 3.05) is 0 Å². The fraction of sp³-hybridized carbons (Fsp3) is 0.750. The number of nitrogens with one attached hydrogen (secondary N) is 1. The van der Waals surface area contributed by atoms with E-state index in [1.54, 1.807) is 0 Å². The van der Waals surface area contributed by atoms with Gasteiger partial charge in [0.25, 0.3) is 0 Å². The molecule has 1 N–H and O–H groups in total. The van der Waals surface area contributed by atoms with E-state index in [1.165, 1.54) is 6.26 Å². The molecule has 0 fully saturated rings. The largest absolute Gasteiger partial charge is 0.330 e. The Kier molecular flexibility index (Phi) is 3.07. The first-order valence-electron chi connectivity index (χ1n) is 2.08. The normalized spacial score (nSPS) is 8.29. The molecule has 0 heterocycles. The lowest BCUT2D eigenvalue weighted by atomic mass is 10.4. The molecule has 40 valence electrons. The maximum atomic E-state index is 7.78. The van der Waals surface area contributed by atoms with Gasteiger partial charge < -0.3 is 4.84 Å². The highest BCUT2D eigenvalue weighted by Crippen LogP contribution is 1.72. The molecular weight excluding hydrogens is 92.1 g/mol. The minimum absolute atomic E-state index is 0.208. The van der Waals surface area contributed by atoms with Crippen LogP contribution in [0.25, 0.3) is 0 Å². The molecule has 0 amide bonds. The van der Waals surface area contributed by atoms with E-state index in [4.69, 9.17) is 5.26 Å². The Morgan fingerprint density at radius 1 is 1.71 bits per heavy atom. The minimum Gasteiger partial charge on any atom is -0.330 e. The third-order valence-electron chi connectivity index (χ3n) is 0.340. The highest BCUT2D eigenvalue weighted by atomic mass is 16.6. The van der Waals surface area contributed by atoms with Gasteiger partial charge in [0, 0.05) is 6.04 Å². The average molecular weight is 100 g/mol. The van der Waals surface area contributed by atoms with Crippen molar-refractivity contribution >= 4 is 0 Å². The zero-order valence-electron chi connectivity index (χ0n) is 4.43. The zero-order chi connectivity index (χ0) is 5.70. The lowest BCUT2D eigenvalue weighted by molar-refractivity contribution is 0.128. The lowest BCUT2D eigenvalue weighted by Gasteiger charge is -1.99. The molecule has 3 heteroatoms. The summed E-state index contributed by atoms with van der Waals surface area (Å²) in [5, 5.41) is 7.78. The topological polar surface area (TPSA) is 45.0 Å². The first-order chi connectivity index (χ1) is 3.27. The molecule has 0 aromatic carbocycles. The van der Waals surface area contributed by atoms with Crippen LogP contribution in [0.4, 0.5) is 0 Å². The van der Waals surface area contributed by atoms with Crippen LogP contribution in [0.2, 0.25) is 0 Å². The first kappa shape index (κ1) is 6.25. The molecule has 0 saturated heterocycles. The summed E-state index contributed by atoms with van der Waals surface area (Å²) < 4.78 is 0. The Labute approximate surface area is 42.8 Å². The van der Waals surface area contributed by atoms with Gasteiger partial charge in [0.15, 0.2) is 0 Å². The third-order valence-corrected chi connectivity index (χ3v) is 0.340. The van der Waals surface area contributed by atoms with Crippen LogP contribution in [-0.4, -0.2) is 6.04 Å². The Bertz CT molecular complexity index is 74.2. The lowest BCUT2D eigenvalue weighted by Crippen LogP contribution is -2.20. The van der Waals surface area contributed by atoms with Crippen LogP contribution in [0.15, 0.2) is 0 Å². The van der Waals surface area contributed by atoms with E-state index < -0.39 is 0 Å². The summed E-state index contributed by atoms with van der Waals surface area (Å²) in [5.41, 5.74) is 2.43. The van der Waals surface area contributed by atoms with Gasteiger partial charge in [-0.05, 0) is 13.8 Å². The number of nitriles is 1. The number of rotatable bonds is 2. The zero-order valence-corrected chi connectivity index (χ0v) is 4.43. The molecule has 0 unspecified atom stereocenters. The predicted octanol–water partition coefficient (Wildman–Crippen LogP) is 0.397. The highest BCUT2D eigenvalue weighted by Gasteiger charge is 1.86. The Morgan fingerprint density at radius 2 is 2.29 bits per heavy atom. The van der Waals surface area contributed by atoms with Crippen molar-refractivity contribution in [3.05, 3.63) is 0 Å². The summed E-state index contributed by atoms with van der Waals surface area (Å²) in [4.78, 5) is 4.15. The van der Waals surface area contributed by atoms with Crippen LogP contribution < -0.4 is 5.48 Å². The van der Waals surface area contributed by atoms with Gasteiger partial charge in [0.2, 0.25) is 0 Å². The monoisotopic (exact) mass is 100 g/mol. The molecule has 7 heavy (non-hydrogen) atoms. The van der Waals surface area contributed by atoms with Crippen molar-refractivity contribution in [1.29, 1.82) is 5.26 Å². The molecule has 0 spiro atoms. The Hall–Kier alpha value is -0.750. The maximum absolute atomic E-state index is 7.78. The van der Waals surface area contributed by atoms with Gasteiger partial charge in [-0.2, -0.15) is 0 Å². The van der Waals surface area contributed by atoms with Crippen molar-refractivity contribution in [3.8, 4) is 6.26 Å². The second-order valence-corrected chi connectivity index (χ2v) is 1.47. The fourth-order valence-corrected chi connectivity index (χ4v) is 0.144. The number of hydrogen-bond acceptors (Lipinski definition) is 3. The quantitative estimate of drug-likeness (QED) is 0.403. The van der Waals surface area contributed by atoms with Gasteiger partial charge >= 0.3 is 6.26 Å². The van der Waals surface area contributed by atoms with Crippen molar-refractivity contribution < 1.29 is 4.84 Å². The van der Waals surface area contributed by atoms with E-state index >= 15 is 0 Å². The molecule has 0 atom stereocenters. The molecule has 0 aliphatic rings. The molecule has 0 radical (unpaired) electrons. The maximum Gasteiger partial charge on any atom is 0.307 e. The predicted molar refractivity (Wildman–Crippen MR) is 25.0 cm³/mol. The van der Waals surface area contributed by atoms with Gasteiger partial charge in [-0.25, -0.2) is 0 Å². The van der Waals surface area contributed by atoms with Gasteiger partial charge in [-0.1, -0.05) is 0 Å². The van der Waals surface area contributed by atoms with Gasteiger partial charge in [0.1, 0.15) is 0 Å². The Balaban J connectivity index is 2.86. The van der Waals surface area contributed by atoms with E-state index in [9.17, 15) is 0 Å². The van der Waals surface area contributed by atoms with Gasteiger partial charge in [-0.15, -0.1) is 10.7 Å². The fourth-order valence-electron chi connectivity index (χ4n) is 0.144. The van der Waals surface area contributed by atoms with Crippen LogP contribution in [0, 0.1) is 11.5 Å². The van der Waals surface area contributed by atoms with Crippen LogP contribution in [-0.2, 0) is 4.84 Å². The number of hydrogen-bond donors (Lipinski definition) is 1. The SMILES string of the molecule is CC(C)NOC#N. The Morgan fingerprint density at radius 3 is 2.43 bits per heavy atom. The summed E-state index contributed by atoms with van der Waals surface area (Å²) in [7, 11) is 0. The van der Waals surface area contributed by atoms with E-state index in [0.29, 0.717) is 0 Å². The van der Waals surface area contributed by atoms with Crippen LogP contribution >= 0.6 is 0 Å². The molecule has 0 bridgehead atoms. The third kappa shape index (κ3) is 5.25. The molecule has 0 saturated carbocycles. The average Bonchev–Trinajstić information content (AvgIpc) is 1.61. The number of hydroxylamine groups is 1. The summed E-state index contributed by atoms with van der Waals surface area (Å²) in [5.74, 6) is 0. The molecule has 0 aromatic rings. The molecule has 0 rings (SSSR count). The van der Waals surface area contributed by atoms with Crippen molar-refractivity contribution in [1.82, 2.24) is 5.48 Å². The van der Waals surface area contributed by atoms with Crippen molar-refractivity contribution in [2.24, 2.45) is 0 Å². The van der Waals surface area contributed by atoms with Crippen LogP contribution in [0.3, 0.4) is 0 Å². The van der Waals surface area contributed by atoms with E-state index in [2.05, 4.69) is 10.3 Å². The van der Waals surface area contributed by atoms with Crippen molar-refractivity contribution in [2.45, 2.75) is 19.9 Å². The van der Waals surface area contributed by atoms with Crippen molar-refractivity contribution in [3.63, 3.8) is 0 Å². The van der Waals surface area contributed by atoms with E-state index in [0.717, 1.165) is 0 Å². The molecule has 0 aromatic heterocycles. The molecular formula is C4H8N2O. The van der Waals surface area contributed by atoms with E-state index in [1.807, 2.05) is 13.8 Å². The number of nitrogens with zero attached hydrogens (tertiary/aromatic N) is 1. The summed E-state index contributed by atoms with van der Waals surface area (Å²) in [6.45, 7) is 3.77. The van der Waals surface area contributed by atoms with Gasteiger partial charge in [0.05, 0.1) is 0 Å². The standard InChI is InChI=1S/C4H8N2O/c1-4(2)6-7-3-5/h4,6H,1-2H3. The summed E-state index contributed by atoms with van der Waals surface area (Å²) in [6.07, 6.45) is 1.49. The summed E-state index contributed by atoms with van der Waals surface area (Å²) >= 11 is 0. The van der Waals surface area contributed by atoms with Crippen LogP contribution in [0.1, 0.15) is 13.8 Å². The second-order valence-electron chi connectivity index (χ2n) is 1.47. The summed E-state index contributed by atoms with van der Waals surface area (Å²) in [6, 6.07) is 0.208. The molecule has 3 nitrogen and oxygen atoms in total.